The predicted molar refractivity (Wildman–Crippen MR) is 135 cm³/mol. The van der Waals surface area contributed by atoms with Crippen LogP contribution in [0.25, 0.3) is 0 Å². The van der Waals surface area contributed by atoms with Gasteiger partial charge in [0.25, 0.3) is 5.91 Å². The first-order valence-electron chi connectivity index (χ1n) is 11.2. The van der Waals surface area contributed by atoms with Crippen molar-refractivity contribution in [2.24, 2.45) is 0 Å². The minimum Gasteiger partial charge on any atom is -0.497 e. The number of ether oxygens (including phenoxy) is 2. The van der Waals surface area contributed by atoms with Crippen LogP contribution in [0.3, 0.4) is 0 Å². The Kier molecular flexibility index (Phi) is 9.77. The number of halogens is 1. The Bertz CT molecular complexity index is 956. The zero-order valence-electron chi connectivity index (χ0n) is 20.4. The number of rotatable bonds is 10. The summed E-state index contributed by atoms with van der Waals surface area (Å²) in [5.74, 6) is 0.840. The molecule has 0 aliphatic heterocycles. The Morgan fingerprint density at radius 2 is 1.82 bits per heavy atom. The molecule has 0 radical (unpaired) electrons. The van der Waals surface area contributed by atoms with Crippen LogP contribution in [0.4, 0.5) is 0 Å². The Morgan fingerprint density at radius 1 is 1.09 bits per heavy atom. The maximum atomic E-state index is 13.4. The molecule has 180 valence electrons. The highest BCUT2D eigenvalue weighted by molar-refractivity contribution is 9.10. The summed E-state index contributed by atoms with van der Waals surface area (Å²) in [6.07, 6.45) is 1.39. The van der Waals surface area contributed by atoms with Crippen molar-refractivity contribution < 1.29 is 19.1 Å². The molecule has 0 bridgehead atoms. The van der Waals surface area contributed by atoms with E-state index in [0.29, 0.717) is 17.9 Å². The molecule has 2 amide bonds. The molecule has 6 nitrogen and oxygen atoms in total. The fraction of sp³-hybridized carbons (Fsp3) is 0.462. The maximum absolute atomic E-state index is 13.4. The van der Waals surface area contributed by atoms with Gasteiger partial charge in [0, 0.05) is 12.1 Å². The summed E-state index contributed by atoms with van der Waals surface area (Å²) < 4.78 is 12.0. The lowest BCUT2D eigenvalue weighted by Gasteiger charge is -2.33. The van der Waals surface area contributed by atoms with Crippen LogP contribution in [0.1, 0.15) is 52.2 Å². The standard InChI is InChI=1S/C26H35BrN2O4/c1-7-18-12-13-23(21(27)15-18)33-17-24(30)29(16-19-10-9-11-20(14-19)32-6)22(8-2)25(31)28-26(3,4)5/h9-15,22H,7-8,16-17H2,1-6H3,(H,28,31). The fourth-order valence-electron chi connectivity index (χ4n) is 3.44. The smallest absolute Gasteiger partial charge is 0.261 e. The summed E-state index contributed by atoms with van der Waals surface area (Å²) >= 11 is 3.52. The lowest BCUT2D eigenvalue weighted by molar-refractivity contribution is -0.143. The van der Waals surface area contributed by atoms with E-state index in [-0.39, 0.29) is 25.0 Å². The third-order valence-electron chi connectivity index (χ3n) is 5.13. The highest BCUT2D eigenvalue weighted by atomic mass is 79.9. The van der Waals surface area contributed by atoms with E-state index in [1.807, 2.05) is 70.2 Å². The lowest BCUT2D eigenvalue weighted by Crippen LogP contribution is -2.54. The second-order valence-electron chi connectivity index (χ2n) is 8.94. The van der Waals surface area contributed by atoms with Gasteiger partial charge in [-0.15, -0.1) is 0 Å². The SMILES string of the molecule is CCc1ccc(OCC(=O)N(Cc2cccc(OC)c2)C(CC)C(=O)NC(C)(C)C)c(Br)c1. The number of nitrogens with one attached hydrogen (secondary N) is 1. The van der Waals surface area contributed by atoms with Crippen molar-refractivity contribution in [3.8, 4) is 11.5 Å². The molecule has 0 aromatic heterocycles. The summed E-state index contributed by atoms with van der Waals surface area (Å²) in [7, 11) is 1.60. The molecular formula is C26H35BrN2O4. The average Bonchev–Trinajstić information content (AvgIpc) is 2.76. The van der Waals surface area contributed by atoms with Crippen LogP contribution in [0.2, 0.25) is 0 Å². The molecule has 0 aliphatic rings. The van der Waals surface area contributed by atoms with Crippen molar-refractivity contribution in [3.05, 3.63) is 58.1 Å². The van der Waals surface area contributed by atoms with Gasteiger partial charge in [0.15, 0.2) is 6.61 Å². The van der Waals surface area contributed by atoms with Crippen molar-refractivity contribution in [1.82, 2.24) is 10.2 Å². The van der Waals surface area contributed by atoms with Gasteiger partial charge in [-0.25, -0.2) is 0 Å². The maximum Gasteiger partial charge on any atom is 0.261 e. The molecular weight excluding hydrogens is 484 g/mol. The first kappa shape index (κ1) is 26.7. The summed E-state index contributed by atoms with van der Waals surface area (Å²) in [4.78, 5) is 28.0. The monoisotopic (exact) mass is 518 g/mol. The largest absolute Gasteiger partial charge is 0.497 e. The van der Waals surface area contributed by atoms with E-state index in [0.717, 1.165) is 16.5 Å². The zero-order chi connectivity index (χ0) is 24.6. The fourth-order valence-corrected chi connectivity index (χ4v) is 3.98. The van der Waals surface area contributed by atoms with E-state index in [2.05, 4.69) is 28.2 Å². The van der Waals surface area contributed by atoms with Gasteiger partial charge in [-0.2, -0.15) is 0 Å². The van der Waals surface area contributed by atoms with Crippen LogP contribution in [0, 0.1) is 0 Å². The molecule has 0 aliphatic carbocycles. The molecule has 1 N–H and O–H groups in total. The predicted octanol–water partition coefficient (Wildman–Crippen LogP) is 5.12. The minimum absolute atomic E-state index is 0.173. The second kappa shape index (κ2) is 12.1. The molecule has 2 rings (SSSR count). The van der Waals surface area contributed by atoms with Crippen molar-refractivity contribution in [3.63, 3.8) is 0 Å². The first-order valence-corrected chi connectivity index (χ1v) is 12.0. The normalized spacial score (nSPS) is 12.1. The zero-order valence-corrected chi connectivity index (χ0v) is 22.0. The van der Waals surface area contributed by atoms with Crippen LogP contribution in [0.15, 0.2) is 46.9 Å². The third kappa shape index (κ3) is 8.07. The number of carbonyl (C=O) groups excluding carboxylic acids is 2. The third-order valence-corrected chi connectivity index (χ3v) is 5.75. The van der Waals surface area contributed by atoms with E-state index in [1.165, 1.54) is 5.56 Å². The Balaban J connectivity index is 2.27. The number of amides is 2. The van der Waals surface area contributed by atoms with Crippen molar-refractivity contribution in [1.29, 1.82) is 0 Å². The molecule has 0 fully saturated rings. The second-order valence-corrected chi connectivity index (χ2v) is 9.80. The van der Waals surface area contributed by atoms with Gasteiger partial charge in [-0.05, 0) is 84.9 Å². The van der Waals surface area contributed by atoms with Gasteiger partial charge < -0.3 is 19.7 Å². The molecule has 2 aromatic carbocycles. The molecule has 1 atom stereocenters. The molecule has 33 heavy (non-hydrogen) atoms. The van der Waals surface area contributed by atoms with Crippen LogP contribution < -0.4 is 14.8 Å². The number of benzene rings is 2. The number of hydrogen-bond donors (Lipinski definition) is 1. The molecule has 2 aromatic rings. The van der Waals surface area contributed by atoms with Crippen LogP contribution in [-0.4, -0.2) is 42.0 Å². The van der Waals surface area contributed by atoms with Crippen molar-refractivity contribution in [2.75, 3.05) is 13.7 Å². The summed E-state index contributed by atoms with van der Waals surface area (Å²) in [6.45, 7) is 9.85. The Morgan fingerprint density at radius 3 is 2.39 bits per heavy atom. The highest BCUT2D eigenvalue weighted by Gasteiger charge is 2.31. The summed E-state index contributed by atoms with van der Waals surface area (Å²) in [6, 6.07) is 12.7. The molecule has 0 spiro atoms. The van der Waals surface area contributed by atoms with Gasteiger partial charge in [0.1, 0.15) is 17.5 Å². The number of nitrogens with zero attached hydrogens (tertiary/aromatic N) is 1. The topological polar surface area (TPSA) is 67.9 Å². The van der Waals surface area contributed by atoms with Crippen LogP contribution in [-0.2, 0) is 22.6 Å². The van der Waals surface area contributed by atoms with E-state index in [1.54, 1.807) is 12.0 Å². The highest BCUT2D eigenvalue weighted by Crippen LogP contribution is 2.26. The van der Waals surface area contributed by atoms with Crippen LogP contribution >= 0.6 is 15.9 Å². The molecule has 0 heterocycles. The van der Waals surface area contributed by atoms with Gasteiger partial charge in [-0.1, -0.05) is 32.0 Å². The number of hydrogen-bond acceptors (Lipinski definition) is 4. The Labute approximate surface area is 205 Å². The van der Waals surface area contributed by atoms with E-state index >= 15 is 0 Å². The number of methoxy groups -OCH3 is 1. The van der Waals surface area contributed by atoms with Gasteiger partial charge in [0.2, 0.25) is 5.91 Å². The van der Waals surface area contributed by atoms with Crippen molar-refractivity contribution >= 4 is 27.7 Å². The summed E-state index contributed by atoms with van der Waals surface area (Å²) in [5.41, 5.74) is 1.64. The van der Waals surface area contributed by atoms with E-state index in [9.17, 15) is 9.59 Å². The molecule has 0 saturated carbocycles. The molecule has 1 unspecified atom stereocenters. The quantitative estimate of drug-likeness (QED) is 0.473. The lowest BCUT2D eigenvalue weighted by atomic mass is 10.1. The van der Waals surface area contributed by atoms with Gasteiger partial charge >= 0.3 is 0 Å². The molecule has 7 heteroatoms. The summed E-state index contributed by atoms with van der Waals surface area (Å²) in [5, 5.41) is 3.00. The first-order chi connectivity index (χ1) is 15.6. The number of aryl methyl sites for hydroxylation is 1. The molecule has 0 saturated heterocycles. The van der Waals surface area contributed by atoms with Crippen molar-refractivity contribution in [2.45, 2.75) is 65.6 Å². The van der Waals surface area contributed by atoms with E-state index < -0.39 is 11.6 Å². The number of carbonyl (C=O) groups is 2. The average molecular weight is 519 g/mol. The van der Waals surface area contributed by atoms with Gasteiger partial charge in [-0.3, -0.25) is 9.59 Å². The Hall–Kier alpha value is -2.54. The van der Waals surface area contributed by atoms with E-state index in [4.69, 9.17) is 9.47 Å². The minimum atomic E-state index is -0.627. The van der Waals surface area contributed by atoms with Crippen LogP contribution in [0.5, 0.6) is 11.5 Å². The van der Waals surface area contributed by atoms with Gasteiger partial charge in [0.05, 0.1) is 11.6 Å².